The van der Waals surface area contributed by atoms with Gasteiger partial charge in [0.05, 0.1) is 0 Å². The third kappa shape index (κ3) is 8.03. The Hall–Kier alpha value is -0.160. The van der Waals surface area contributed by atoms with Crippen molar-refractivity contribution in [1.29, 1.82) is 0 Å². The second kappa shape index (κ2) is 9.73. The number of hydrogen-bond acceptors (Lipinski definition) is 4. The monoisotopic (exact) mass is 261 g/mol. The normalized spacial score (nSPS) is 14.2. The molecule has 0 saturated heterocycles. The molecule has 1 atom stereocenters. The largest absolute Gasteiger partial charge is 0.396 e. The third-order valence-corrected chi connectivity index (χ3v) is 2.94. The van der Waals surface area contributed by atoms with Crippen molar-refractivity contribution in [2.75, 3.05) is 26.4 Å². The molecule has 0 aromatic heterocycles. The maximum atomic E-state index is 9.09. The van der Waals surface area contributed by atoms with E-state index >= 15 is 0 Å². The smallest absolute Gasteiger partial charge is 0.158 e. The van der Waals surface area contributed by atoms with Crippen molar-refractivity contribution in [3.8, 4) is 0 Å². The van der Waals surface area contributed by atoms with E-state index in [4.69, 9.17) is 14.6 Å². The molecule has 0 heterocycles. The Kier molecular flexibility index (Phi) is 9.64. The molecule has 1 unspecified atom stereocenters. The summed E-state index contributed by atoms with van der Waals surface area (Å²) in [4.78, 5) is 0. The van der Waals surface area contributed by atoms with E-state index in [1.54, 1.807) is 0 Å². The SMILES string of the molecule is CCOC(CCNC(CCO)C(C)(C)C)OCC. The van der Waals surface area contributed by atoms with Crippen molar-refractivity contribution in [1.82, 2.24) is 5.32 Å². The van der Waals surface area contributed by atoms with Crippen LogP contribution in [0.25, 0.3) is 0 Å². The molecule has 0 aliphatic rings. The average Bonchev–Trinajstić information content (AvgIpc) is 2.27. The maximum absolute atomic E-state index is 9.09. The molecule has 4 heteroatoms. The number of aliphatic hydroxyl groups excluding tert-OH is 1. The van der Waals surface area contributed by atoms with Crippen LogP contribution in [0.1, 0.15) is 47.5 Å². The van der Waals surface area contributed by atoms with Gasteiger partial charge in [-0.05, 0) is 25.7 Å². The van der Waals surface area contributed by atoms with Crippen LogP contribution in [-0.2, 0) is 9.47 Å². The Morgan fingerprint density at radius 3 is 2.00 bits per heavy atom. The van der Waals surface area contributed by atoms with E-state index in [0.717, 1.165) is 19.4 Å². The van der Waals surface area contributed by atoms with E-state index in [1.165, 1.54) is 0 Å². The Morgan fingerprint density at radius 2 is 1.61 bits per heavy atom. The summed E-state index contributed by atoms with van der Waals surface area (Å²) in [6, 6.07) is 0.311. The predicted molar refractivity (Wildman–Crippen MR) is 74.6 cm³/mol. The van der Waals surface area contributed by atoms with Crippen molar-refractivity contribution in [2.45, 2.75) is 59.8 Å². The first-order valence-corrected chi connectivity index (χ1v) is 7.03. The standard InChI is InChI=1S/C14H31NO3/c1-6-17-13(18-7-2)8-10-15-12(9-11-16)14(3,4)5/h12-13,15-16H,6-11H2,1-5H3. The lowest BCUT2D eigenvalue weighted by molar-refractivity contribution is -0.139. The molecule has 0 aliphatic carbocycles. The Balaban J connectivity index is 4.02. The molecule has 0 aromatic carbocycles. The molecule has 0 rings (SSSR count). The van der Waals surface area contributed by atoms with Crippen molar-refractivity contribution in [3.05, 3.63) is 0 Å². The molecule has 18 heavy (non-hydrogen) atoms. The summed E-state index contributed by atoms with van der Waals surface area (Å²) in [6.45, 7) is 12.9. The number of ether oxygens (including phenoxy) is 2. The van der Waals surface area contributed by atoms with Crippen LogP contribution in [0.2, 0.25) is 0 Å². The van der Waals surface area contributed by atoms with Gasteiger partial charge in [-0.2, -0.15) is 0 Å². The van der Waals surface area contributed by atoms with Crippen LogP contribution in [0.15, 0.2) is 0 Å². The van der Waals surface area contributed by atoms with Gasteiger partial charge >= 0.3 is 0 Å². The van der Waals surface area contributed by atoms with E-state index in [-0.39, 0.29) is 18.3 Å². The minimum Gasteiger partial charge on any atom is -0.396 e. The molecule has 110 valence electrons. The van der Waals surface area contributed by atoms with Gasteiger partial charge in [0.2, 0.25) is 0 Å². The van der Waals surface area contributed by atoms with E-state index in [2.05, 4.69) is 26.1 Å². The number of nitrogens with one attached hydrogen (secondary N) is 1. The molecular weight excluding hydrogens is 230 g/mol. The fourth-order valence-electron chi connectivity index (χ4n) is 1.93. The van der Waals surface area contributed by atoms with Gasteiger partial charge in [0.1, 0.15) is 0 Å². The summed E-state index contributed by atoms with van der Waals surface area (Å²) in [5.41, 5.74) is 0.148. The number of aliphatic hydroxyl groups is 1. The highest BCUT2D eigenvalue weighted by Crippen LogP contribution is 2.21. The van der Waals surface area contributed by atoms with Gasteiger partial charge in [0.25, 0.3) is 0 Å². The molecule has 0 spiro atoms. The topological polar surface area (TPSA) is 50.7 Å². The van der Waals surface area contributed by atoms with Gasteiger partial charge in [-0.25, -0.2) is 0 Å². The molecule has 0 saturated carbocycles. The fourth-order valence-corrected chi connectivity index (χ4v) is 1.93. The van der Waals surface area contributed by atoms with E-state index in [0.29, 0.717) is 19.3 Å². The fraction of sp³-hybridized carbons (Fsp3) is 1.00. The van der Waals surface area contributed by atoms with Crippen LogP contribution in [0.4, 0.5) is 0 Å². The molecule has 0 aromatic rings. The van der Waals surface area contributed by atoms with Crippen LogP contribution in [0, 0.1) is 5.41 Å². The van der Waals surface area contributed by atoms with Crippen LogP contribution in [0.5, 0.6) is 0 Å². The van der Waals surface area contributed by atoms with E-state index < -0.39 is 0 Å². The lowest BCUT2D eigenvalue weighted by atomic mass is 9.85. The van der Waals surface area contributed by atoms with Crippen molar-refractivity contribution in [3.63, 3.8) is 0 Å². The van der Waals surface area contributed by atoms with Crippen molar-refractivity contribution >= 4 is 0 Å². The lowest BCUT2D eigenvalue weighted by Gasteiger charge is -2.31. The van der Waals surface area contributed by atoms with Gasteiger partial charge < -0.3 is 19.9 Å². The molecule has 0 bridgehead atoms. The summed E-state index contributed by atoms with van der Waals surface area (Å²) >= 11 is 0. The summed E-state index contributed by atoms with van der Waals surface area (Å²) in [7, 11) is 0. The van der Waals surface area contributed by atoms with Crippen molar-refractivity contribution < 1.29 is 14.6 Å². The minimum absolute atomic E-state index is 0.123. The highest BCUT2D eigenvalue weighted by molar-refractivity contribution is 4.80. The van der Waals surface area contributed by atoms with Crippen LogP contribution >= 0.6 is 0 Å². The molecule has 0 aliphatic heterocycles. The third-order valence-electron chi connectivity index (χ3n) is 2.94. The first kappa shape index (κ1) is 17.8. The van der Waals surface area contributed by atoms with Crippen LogP contribution in [0.3, 0.4) is 0 Å². The second-order valence-corrected chi connectivity index (χ2v) is 5.51. The molecular formula is C14H31NO3. The molecule has 2 N–H and O–H groups in total. The second-order valence-electron chi connectivity index (χ2n) is 5.51. The van der Waals surface area contributed by atoms with Gasteiger partial charge in [-0.15, -0.1) is 0 Å². The lowest BCUT2D eigenvalue weighted by Crippen LogP contribution is -2.42. The highest BCUT2D eigenvalue weighted by Gasteiger charge is 2.23. The predicted octanol–water partition coefficient (Wildman–Crippen LogP) is 2.16. The first-order valence-electron chi connectivity index (χ1n) is 7.03. The molecule has 0 fully saturated rings. The first-order chi connectivity index (χ1) is 8.45. The Morgan fingerprint density at radius 1 is 1.06 bits per heavy atom. The minimum atomic E-state index is -0.123. The number of hydrogen-bond donors (Lipinski definition) is 2. The molecule has 4 nitrogen and oxygen atoms in total. The highest BCUT2D eigenvalue weighted by atomic mass is 16.7. The van der Waals surface area contributed by atoms with Gasteiger partial charge in [-0.1, -0.05) is 20.8 Å². The quantitative estimate of drug-likeness (QED) is 0.592. The summed E-state index contributed by atoms with van der Waals surface area (Å²) in [6.07, 6.45) is 1.49. The Bertz CT molecular complexity index is 186. The Labute approximate surface area is 112 Å². The van der Waals surface area contributed by atoms with Crippen molar-refractivity contribution in [2.24, 2.45) is 5.41 Å². The summed E-state index contributed by atoms with van der Waals surface area (Å²) in [5, 5.41) is 12.6. The van der Waals surface area contributed by atoms with Gasteiger partial charge in [-0.3, -0.25) is 0 Å². The zero-order valence-electron chi connectivity index (χ0n) is 12.7. The van der Waals surface area contributed by atoms with E-state index in [9.17, 15) is 0 Å². The van der Waals surface area contributed by atoms with Crippen LogP contribution < -0.4 is 5.32 Å². The number of rotatable bonds is 10. The zero-order chi connectivity index (χ0) is 14.0. The molecule has 0 amide bonds. The average molecular weight is 261 g/mol. The summed E-state index contributed by atoms with van der Waals surface area (Å²) in [5.74, 6) is 0. The van der Waals surface area contributed by atoms with E-state index in [1.807, 2.05) is 13.8 Å². The van der Waals surface area contributed by atoms with Crippen LogP contribution in [-0.4, -0.2) is 43.8 Å². The molecule has 0 radical (unpaired) electrons. The summed E-state index contributed by atoms with van der Waals surface area (Å²) < 4.78 is 11.0. The maximum Gasteiger partial charge on any atom is 0.158 e. The zero-order valence-corrected chi connectivity index (χ0v) is 12.7. The van der Waals surface area contributed by atoms with Gasteiger partial charge in [0.15, 0.2) is 6.29 Å². The van der Waals surface area contributed by atoms with Gasteiger partial charge in [0, 0.05) is 38.8 Å².